The topological polar surface area (TPSA) is 15.3 Å². The average Bonchev–Trinajstić information content (AvgIpc) is 3.11. The fourth-order valence-corrected chi connectivity index (χ4v) is 6.08. The Balaban J connectivity index is -0.000000668. The van der Waals surface area contributed by atoms with E-state index in [1.54, 1.807) is 0 Å². The summed E-state index contributed by atoms with van der Waals surface area (Å²) in [7, 11) is 1.94. The number of allylic oxidation sites excluding steroid dienone is 1. The summed E-state index contributed by atoms with van der Waals surface area (Å²) in [5.74, 6) is 4.48. The molecule has 3 rings (SSSR count). The van der Waals surface area contributed by atoms with Crippen molar-refractivity contribution in [1.29, 1.82) is 0 Å². The number of anilines is 1. The molecule has 0 saturated heterocycles. The van der Waals surface area contributed by atoms with Gasteiger partial charge >= 0.3 is 0 Å². The van der Waals surface area contributed by atoms with Crippen molar-refractivity contribution in [1.82, 2.24) is 4.90 Å². The van der Waals surface area contributed by atoms with Crippen molar-refractivity contribution in [2.24, 2.45) is 11.8 Å². The summed E-state index contributed by atoms with van der Waals surface area (Å²) in [6.45, 7) is 37.3. The van der Waals surface area contributed by atoms with Crippen molar-refractivity contribution in [2.45, 2.75) is 187 Å². The lowest BCUT2D eigenvalue weighted by Gasteiger charge is -2.51. The van der Waals surface area contributed by atoms with Crippen LogP contribution in [0, 0.1) is 38.0 Å². The molecule has 1 atom stereocenters. The Kier molecular flexibility index (Phi) is 34.6. The first-order chi connectivity index (χ1) is 24.4. The smallest absolute Gasteiger partial charge is 0.0343 e. The molecule has 0 spiro atoms. The zero-order valence-corrected chi connectivity index (χ0v) is 37.4. The van der Waals surface area contributed by atoms with Crippen LogP contribution in [-0.4, -0.2) is 30.6 Å². The molecule has 0 aliphatic heterocycles. The van der Waals surface area contributed by atoms with Crippen molar-refractivity contribution in [2.75, 3.05) is 25.5 Å². The predicted octanol–water partition coefficient (Wildman–Crippen LogP) is 15.7. The van der Waals surface area contributed by atoms with Crippen LogP contribution in [0.5, 0.6) is 0 Å². The lowest BCUT2D eigenvalue weighted by molar-refractivity contribution is 0.00652. The molecule has 1 aliphatic rings. The van der Waals surface area contributed by atoms with Crippen molar-refractivity contribution >= 4 is 17.3 Å². The fourth-order valence-electron chi connectivity index (χ4n) is 6.08. The molecular formula is C49H88N2. The molecule has 0 amide bonds. The van der Waals surface area contributed by atoms with Gasteiger partial charge in [0.2, 0.25) is 0 Å². The maximum absolute atomic E-state index is 5.49. The molecule has 1 saturated carbocycles. The van der Waals surface area contributed by atoms with E-state index in [1.807, 2.05) is 40.8 Å². The minimum atomic E-state index is 0.625. The van der Waals surface area contributed by atoms with E-state index >= 15 is 0 Å². The molecule has 0 heterocycles. The van der Waals surface area contributed by atoms with Crippen LogP contribution in [0.1, 0.15) is 195 Å². The molecule has 1 unspecified atom stereocenters. The standard InChI is InChI=1S/C20H21N.C14H29N.C7H16.C4H10.2C2H6/c1-6-17-9-7-14(2)18(12-17)11-16(4)20-13-19(21-5)10-8-15(20)3;1-4-7-13-15(12-6-3)14(9-5-2)10-8-11-14;1-4-6-7(3)5-2;1-4(2)3;2*1-2/h1,7-13,21H,2-5H3;4-13H2,1-3H3;7H,4-6H2,1-3H3;4H,1-3H3;2*1-2H3/b16-11+;;;;;. The molecule has 2 nitrogen and oxygen atoms in total. The van der Waals surface area contributed by atoms with Crippen LogP contribution in [0.15, 0.2) is 36.4 Å². The van der Waals surface area contributed by atoms with Crippen molar-refractivity contribution in [3.05, 3.63) is 64.2 Å². The minimum absolute atomic E-state index is 0.625. The summed E-state index contributed by atoms with van der Waals surface area (Å²) < 4.78 is 0. The highest BCUT2D eigenvalue weighted by atomic mass is 15.2. The van der Waals surface area contributed by atoms with Gasteiger partial charge in [0.05, 0.1) is 0 Å². The van der Waals surface area contributed by atoms with Crippen LogP contribution < -0.4 is 5.32 Å². The van der Waals surface area contributed by atoms with Crippen LogP contribution in [0.3, 0.4) is 0 Å². The van der Waals surface area contributed by atoms with Gasteiger partial charge < -0.3 is 5.32 Å². The molecule has 2 heteroatoms. The highest BCUT2D eigenvalue weighted by molar-refractivity contribution is 5.83. The van der Waals surface area contributed by atoms with Crippen LogP contribution in [-0.2, 0) is 0 Å². The molecule has 0 aromatic heterocycles. The molecule has 51 heavy (non-hydrogen) atoms. The second-order valence-corrected chi connectivity index (χ2v) is 14.5. The lowest BCUT2D eigenvalue weighted by Crippen LogP contribution is -2.54. The third-order valence-corrected chi connectivity index (χ3v) is 9.19. The first kappa shape index (κ1) is 52.9. The first-order valence-corrected chi connectivity index (χ1v) is 21.2. The van der Waals surface area contributed by atoms with Gasteiger partial charge in [0.15, 0.2) is 0 Å². The van der Waals surface area contributed by atoms with Gasteiger partial charge in [0, 0.05) is 23.8 Å². The quantitative estimate of drug-likeness (QED) is 0.156. The van der Waals surface area contributed by atoms with Crippen LogP contribution in [0.25, 0.3) is 11.6 Å². The van der Waals surface area contributed by atoms with Crippen LogP contribution in [0.2, 0.25) is 0 Å². The number of terminal acetylenes is 1. The number of hydrogen-bond donors (Lipinski definition) is 1. The Morgan fingerprint density at radius 2 is 1.43 bits per heavy atom. The number of hydrogen-bond acceptors (Lipinski definition) is 2. The van der Waals surface area contributed by atoms with Gasteiger partial charge in [0.1, 0.15) is 0 Å². The van der Waals surface area contributed by atoms with Crippen molar-refractivity contribution < 1.29 is 0 Å². The molecule has 2 aromatic rings. The van der Waals surface area contributed by atoms with E-state index in [1.165, 1.54) is 112 Å². The van der Waals surface area contributed by atoms with Crippen molar-refractivity contribution in [3.63, 3.8) is 0 Å². The van der Waals surface area contributed by atoms with Gasteiger partial charge in [0.25, 0.3) is 0 Å². The molecule has 2 aromatic carbocycles. The Morgan fingerprint density at radius 3 is 1.84 bits per heavy atom. The Morgan fingerprint density at radius 1 is 0.843 bits per heavy atom. The zero-order chi connectivity index (χ0) is 39.8. The van der Waals surface area contributed by atoms with Gasteiger partial charge in [-0.1, -0.05) is 146 Å². The van der Waals surface area contributed by atoms with Gasteiger partial charge in [-0.15, -0.1) is 6.42 Å². The largest absolute Gasteiger partial charge is 0.388 e. The van der Waals surface area contributed by atoms with Crippen LogP contribution in [0.4, 0.5) is 5.69 Å². The number of nitrogens with zero attached hydrogens (tertiary/aromatic N) is 1. The minimum Gasteiger partial charge on any atom is -0.388 e. The summed E-state index contributed by atoms with van der Waals surface area (Å²) in [6, 6.07) is 12.5. The van der Waals surface area contributed by atoms with E-state index in [0.29, 0.717) is 5.54 Å². The van der Waals surface area contributed by atoms with E-state index in [-0.39, 0.29) is 0 Å². The van der Waals surface area contributed by atoms with Gasteiger partial charge in [-0.25, -0.2) is 0 Å². The first-order valence-electron chi connectivity index (χ1n) is 21.2. The third-order valence-electron chi connectivity index (χ3n) is 9.19. The molecule has 1 aliphatic carbocycles. The fraction of sp³-hybridized carbons (Fsp3) is 0.673. The number of aryl methyl sites for hydroxylation is 2. The molecular weight excluding hydrogens is 617 g/mol. The summed E-state index contributed by atoms with van der Waals surface area (Å²) >= 11 is 0. The second-order valence-electron chi connectivity index (χ2n) is 14.5. The molecule has 294 valence electrons. The van der Waals surface area contributed by atoms with E-state index in [9.17, 15) is 0 Å². The van der Waals surface area contributed by atoms with E-state index < -0.39 is 0 Å². The van der Waals surface area contributed by atoms with E-state index in [2.05, 4.69) is 136 Å². The zero-order valence-electron chi connectivity index (χ0n) is 37.4. The Hall–Kier alpha value is -2.50. The second kappa shape index (κ2) is 33.3. The molecule has 0 bridgehead atoms. The predicted molar refractivity (Wildman–Crippen MR) is 239 cm³/mol. The number of nitrogens with one attached hydrogen (secondary N) is 1. The average molecular weight is 705 g/mol. The molecule has 1 N–H and O–H groups in total. The summed E-state index contributed by atoms with van der Waals surface area (Å²) in [6.07, 6.45) is 23.0. The van der Waals surface area contributed by atoms with Gasteiger partial charge in [-0.2, -0.15) is 0 Å². The summed E-state index contributed by atoms with van der Waals surface area (Å²) in [5, 5.41) is 3.19. The molecule has 0 radical (unpaired) electrons. The van der Waals surface area contributed by atoms with E-state index in [0.717, 1.165) is 23.1 Å². The van der Waals surface area contributed by atoms with E-state index in [4.69, 9.17) is 6.42 Å². The van der Waals surface area contributed by atoms with Gasteiger partial charge in [-0.3, -0.25) is 4.90 Å². The summed E-state index contributed by atoms with van der Waals surface area (Å²) in [4.78, 5) is 2.81. The highest BCUT2D eigenvalue weighted by Crippen LogP contribution is 2.41. The third kappa shape index (κ3) is 22.9. The Labute approximate surface area is 322 Å². The number of unbranched alkanes of at least 4 members (excludes halogenated alkanes) is 1. The lowest BCUT2D eigenvalue weighted by atomic mass is 9.72. The van der Waals surface area contributed by atoms with Crippen LogP contribution >= 0.6 is 0 Å². The maximum Gasteiger partial charge on any atom is 0.0343 e. The van der Waals surface area contributed by atoms with Crippen molar-refractivity contribution in [3.8, 4) is 12.3 Å². The number of rotatable bonds is 14. The highest BCUT2D eigenvalue weighted by Gasteiger charge is 2.40. The number of benzene rings is 2. The normalized spacial score (nSPS) is 13.1. The molecule has 1 fully saturated rings. The van der Waals surface area contributed by atoms with Gasteiger partial charge in [-0.05, 0) is 136 Å². The monoisotopic (exact) mass is 705 g/mol. The maximum atomic E-state index is 5.49. The Bertz CT molecular complexity index is 1160. The SMILES string of the molecule is C#Cc1ccc(C)c(/C=C(\C)c2cc(NC)ccc2C)c1.CC.CC.CC(C)C.CCCC(C)CC.CCCCN(CCC)C1(CCC)CCC1. The summed E-state index contributed by atoms with van der Waals surface area (Å²) in [5.41, 5.74) is 8.84.